The van der Waals surface area contributed by atoms with Gasteiger partial charge in [-0.15, -0.1) is 0 Å². The van der Waals surface area contributed by atoms with Crippen LogP contribution in [0.4, 0.5) is 0 Å². The molecule has 0 rings (SSSR count). The van der Waals surface area contributed by atoms with Crippen molar-refractivity contribution in [2.24, 2.45) is 0 Å². The molecule has 0 aromatic rings. The van der Waals surface area contributed by atoms with Crippen LogP contribution in [0.25, 0.3) is 0 Å². The number of ketones is 1. The minimum atomic E-state index is 0.327. The Balaban J connectivity index is 3.67. The molecule has 0 amide bonds. The predicted molar refractivity (Wildman–Crippen MR) is 47.7 cm³/mol. The number of hydrogen-bond donors (Lipinski definition) is 0. The number of carbonyl (C=O) groups is 1. The molecule has 0 aliphatic rings. The van der Waals surface area contributed by atoms with E-state index in [1.165, 1.54) is 0 Å². The fourth-order valence-corrected chi connectivity index (χ4v) is 0.857. The average molecular weight is 157 g/mol. The first kappa shape index (κ1) is 10.6. The molecule has 0 saturated carbocycles. The summed E-state index contributed by atoms with van der Waals surface area (Å²) in [4.78, 5) is 13.1. The van der Waals surface area contributed by atoms with E-state index in [4.69, 9.17) is 0 Å². The van der Waals surface area contributed by atoms with Crippen molar-refractivity contribution in [1.29, 1.82) is 0 Å². The second-order valence-corrected chi connectivity index (χ2v) is 3.06. The SMILES string of the molecule is CCC(=O)CN(C)C(C)CC. The summed E-state index contributed by atoms with van der Waals surface area (Å²) in [6, 6.07) is 0.519. The number of hydrogen-bond acceptors (Lipinski definition) is 2. The van der Waals surface area contributed by atoms with Gasteiger partial charge in [-0.25, -0.2) is 0 Å². The molecule has 66 valence electrons. The topological polar surface area (TPSA) is 20.3 Å². The highest BCUT2D eigenvalue weighted by atomic mass is 16.1. The van der Waals surface area contributed by atoms with E-state index < -0.39 is 0 Å². The zero-order valence-electron chi connectivity index (χ0n) is 8.05. The van der Waals surface area contributed by atoms with Crippen LogP contribution < -0.4 is 0 Å². The first-order chi connectivity index (χ1) is 5.11. The van der Waals surface area contributed by atoms with Gasteiger partial charge in [0, 0.05) is 12.5 Å². The lowest BCUT2D eigenvalue weighted by Gasteiger charge is -2.22. The fourth-order valence-electron chi connectivity index (χ4n) is 0.857. The minimum Gasteiger partial charge on any atom is -0.298 e. The smallest absolute Gasteiger partial charge is 0.146 e. The summed E-state index contributed by atoms with van der Waals surface area (Å²) < 4.78 is 0. The standard InChI is InChI=1S/C9H19NO/c1-5-8(3)10(4)7-9(11)6-2/h8H,5-7H2,1-4H3. The largest absolute Gasteiger partial charge is 0.298 e. The van der Waals surface area contributed by atoms with Gasteiger partial charge in [-0.3, -0.25) is 9.69 Å². The van der Waals surface area contributed by atoms with Gasteiger partial charge < -0.3 is 0 Å². The van der Waals surface area contributed by atoms with E-state index in [0.29, 0.717) is 24.8 Å². The Kier molecular flexibility index (Phi) is 5.12. The van der Waals surface area contributed by atoms with Gasteiger partial charge in [0.15, 0.2) is 0 Å². The molecule has 0 aliphatic carbocycles. The molecule has 0 radical (unpaired) electrons. The van der Waals surface area contributed by atoms with Crippen molar-refractivity contribution in [2.75, 3.05) is 13.6 Å². The number of rotatable bonds is 5. The summed E-state index contributed by atoms with van der Waals surface area (Å²) in [6.45, 7) is 6.79. The van der Waals surface area contributed by atoms with Crippen molar-refractivity contribution in [3.63, 3.8) is 0 Å². The van der Waals surface area contributed by atoms with E-state index in [-0.39, 0.29) is 0 Å². The molecule has 0 aromatic heterocycles. The molecule has 0 saturated heterocycles. The number of Topliss-reactive ketones (excluding diaryl/α,β-unsaturated/α-hetero) is 1. The van der Waals surface area contributed by atoms with Crippen LogP contribution in [0.15, 0.2) is 0 Å². The third-order valence-corrected chi connectivity index (χ3v) is 2.16. The molecule has 0 bridgehead atoms. The Hall–Kier alpha value is -0.370. The second kappa shape index (κ2) is 5.30. The lowest BCUT2D eigenvalue weighted by atomic mass is 10.2. The van der Waals surface area contributed by atoms with Crippen molar-refractivity contribution in [2.45, 2.75) is 39.7 Å². The van der Waals surface area contributed by atoms with Crippen molar-refractivity contribution < 1.29 is 4.79 Å². The number of likely N-dealkylation sites (N-methyl/N-ethyl adjacent to an activating group) is 1. The highest BCUT2D eigenvalue weighted by Gasteiger charge is 2.09. The zero-order valence-corrected chi connectivity index (χ0v) is 8.05. The molecule has 2 nitrogen and oxygen atoms in total. The third kappa shape index (κ3) is 4.14. The van der Waals surface area contributed by atoms with E-state index >= 15 is 0 Å². The Morgan fingerprint density at radius 1 is 1.45 bits per heavy atom. The van der Waals surface area contributed by atoms with Crippen molar-refractivity contribution in [3.05, 3.63) is 0 Å². The van der Waals surface area contributed by atoms with Gasteiger partial charge in [0.1, 0.15) is 5.78 Å². The minimum absolute atomic E-state index is 0.327. The Morgan fingerprint density at radius 3 is 2.36 bits per heavy atom. The van der Waals surface area contributed by atoms with E-state index in [1.54, 1.807) is 0 Å². The number of carbonyl (C=O) groups excluding carboxylic acids is 1. The number of nitrogens with zero attached hydrogens (tertiary/aromatic N) is 1. The monoisotopic (exact) mass is 157 g/mol. The molecular formula is C9H19NO. The second-order valence-electron chi connectivity index (χ2n) is 3.06. The zero-order chi connectivity index (χ0) is 8.85. The van der Waals surface area contributed by atoms with Crippen LogP contribution in [0.2, 0.25) is 0 Å². The summed E-state index contributed by atoms with van der Waals surface area (Å²) in [5.74, 6) is 0.327. The summed E-state index contributed by atoms with van der Waals surface area (Å²) in [5, 5.41) is 0. The molecule has 0 heterocycles. The molecule has 0 spiro atoms. The first-order valence-corrected chi connectivity index (χ1v) is 4.33. The van der Waals surface area contributed by atoms with Crippen LogP contribution >= 0.6 is 0 Å². The molecule has 2 heteroatoms. The maximum atomic E-state index is 11.0. The van der Waals surface area contributed by atoms with Gasteiger partial charge >= 0.3 is 0 Å². The summed E-state index contributed by atoms with van der Waals surface area (Å²) in [6.07, 6.45) is 1.76. The van der Waals surface area contributed by atoms with Crippen LogP contribution in [-0.2, 0) is 4.79 Å². The van der Waals surface area contributed by atoms with Crippen molar-refractivity contribution in [1.82, 2.24) is 4.90 Å². The molecule has 0 aliphatic heterocycles. The Morgan fingerprint density at radius 2 is 2.00 bits per heavy atom. The van der Waals surface area contributed by atoms with Crippen LogP contribution in [0.1, 0.15) is 33.6 Å². The van der Waals surface area contributed by atoms with Gasteiger partial charge in [0.2, 0.25) is 0 Å². The lowest BCUT2D eigenvalue weighted by Crippen LogP contribution is -2.33. The maximum Gasteiger partial charge on any atom is 0.146 e. The van der Waals surface area contributed by atoms with Gasteiger partial charge in [0.25, 0.3) is 0 Å². The fraction of sp³-hybridized carbons (Fsp3) is 0.889. The predicted octanol–water partition coefficient (Wildman–Crippen LogP) is 1.70. The highest BCUT2D eigenvalue weighted by Crippen LogP contribution is 1.99. The first-order valence-electron chi connectivity index (χ1n) is 4.33. The summed E-state index contributed by atoms with van der Waals surface area (Å²) >= 11 is 0. The van der Waals surface area contributed by atoms with E-state index in [9.17, 15) is 4.79 Å². The Labute approximate surface area is 69.6 Å². The van der Waals surface area contributed by atoms with Gasteiger partial charge in [-0.2, -0.15) is 0 Å². The van der Waals surface area contributed by atoms with Crippen LogP contribution in [0.3, 0.4) is 0 Å². The van der Waals surface area contributed by atoms with Crippen LogP contribution in [0.5, 0.6) is 0 Å². The molecular weight excluding hydrogens is 138 g/mol. The van der Waals surface area contributed by atoms with Crippen molar-refractivity contribution in [3.8, 4) is 0 Å². The van der Waals surface area contributed by atoms with E-state index in [1.807, 2.05) is 14.0 Å². The molecule has 1 unspecified atom stereocenters. The molecule has 0 N–H and O–H groups in total. The van der Waals surface area contributed by atoms with Crippen molar-refractivity contribution >= 4 is 5.78 Å². The van der Waals surface area contributed by atoms with Gasteiger partial charge in [-0.1, -0.05) is 13.8 Å². The highest BCUT2D eigenvalue weighted by molar-refractivity contribution is 5.80. The molecule has 0 fully saturated rings. The quantitative estimate of drug-likeness (QED) is 0.605. The summed E-state index contributed by atoms with van der Waals surface area (Å²) in [5.41, 5.74) is 0. The van der Waals surface area contributed by atoms with E-state index in [2.05, 4.69) is 18.7 Å². The Bertz CT molecular complexity index is 123. The average Bonchev–Trinajstić information content (AvgIpc) is 2.02. The normalized spacial score (nSPS) is 13.5. The maximum absolute atomic E-state index is 11.0. The van der Waals surface area contributed by atoms with Crippen LogP contribution in [-0.4, -0.2) is 30.3 Å². The van der Waals surface area contributed by atoms with Gasteiger partial charge in [0.05, 0.1) is 6.54 Å². The summed E-state index contributed by atoms with van der Waals surface area (Å²) in [7, 11) is 2.00. The molecule has 1 atom stereocenters. The molecule has 0 aromatic carbocycles. The molecule has 11 heavy (non-hydrogen) atoms. The third-order valence-electron chi connectivity index (χ3n) is 2.16. The van der Waals surface area contributed by atoms with E-state index in [0.717, 1.165) is 6.42 Å². The lowest BCUT2D eigenvalue weighted by molar-refractivity contribution is -0.120. The van der Waals surface area contributed by atoms with Crippen LogP contribution in [0, 0.1) is 0 Å². The van der Waals surface area contributed by atoms with Gasteiger partial charge in [-0.05, 0) is 20.4 Å².